The highest BCUT2D eigenvalue weighted by molar-refractivity contribution is 6.64. The van der Waals surface area contributed by atoms with Gasteiger partial charge in [-0.1, -0.05) is 121 Å². The average molecular weight is 451 g/mol. The maximum atomic E-state index is 7.29. The molecule has 1 unspecified atom stereocenters. The van der Waals surface area contributed by atoms with Crippen molar-refractivity contribution < 1.29 is 8.85 Å². The summed E-state index contributed by atoms with van der Waals surface area (Å²) >= 11 is 0. The van der Waals surface area contributed by atoms with Crippen LogP contribution in [0.25, 0.3) is 0 Å². The van der Waals surface area contributed by atoms with E-state index in [0.29, 0.717) is 6.61 Å². The van der Waals surface area contributed by atoms with Crippen LogP contribution in [-0.2, 0) is 20.0 Å². The fraction of sp³-hybridized carbons (Fsp3) is 0.143. The fourth-order valence-electron chi connectivity index (χ4n) is 5.42. The molecule has 6 rings (SSSR count). The second-order valence-electron chi connectivity index (χ2n) is 8.51. The molecule has 0 amide bonds. The predicted octanol–water partition coefficient (Wildman–Crippen LogP) is 4.55. The second kappa shape index (κ2) is 8.06. The summed E-state index contributed by atoms with van der Waals surface area (Å²) in [5, 5.41) is 0. The minimum absolute atomic E-state index is 0.624. The molecule has 4 aromatic rings. The van der Waals surface area contributed by atoms with Crippen molar-refractivity contribution in [2.24, 2.45) is 0 Å². The molecular weight excluding hydrogens is 424 g/mol. The highest BCUT2D eigenvalue weighted by atomic mass is 28.4. The third-order valence-corrected chi connectivity index (χ3v) is 9.34. The first-order valence-electron chi connectivity index (χ1n) is 11.4. The molecule has 4 nitrogen and oxygen atoms in total. The van der Waals surface area contributed by atoms with Gasteiger partial charge in [-0.3, -0.25) is 9.96 Å². The van der Waals surface area contributed by atoms with Gasteiger partial charge in [0.1, 0.15) is 11.1 Å². The molecule has 2 N–H and O–H groups in total. The lowest BCUT2D eigenvalue weighted by Crippen LogP contribution is -2.62. The molecule has 5 heteroatoms. The van der Waals surface area contributed by atoms with Crippen LogP contribution in [0, 0.1) is 0 Å². The van der Waals surface area contributed by atoms with Crippen LogP contribution >= 0.6 is 0 Å². The van der Waals surface area contributed by atoms with Crippen molar-refractivity contribution in [1.29, 1.82) is 0 Å². The van der Waals surface area contributed by atoms with E-state index >= 15 is 0 Å². The molecule has 4 aromatic carbocycles. The Kier molecular flexibility index (Phi) is 5.02. The summed E-state index contributed by atoms with van der Waals surface area (Å²) in [6.45, 7) is 1.39. The molecule has 0 aromatic heterocycles. The largest absolute Gasteiger partial charge is 0.519 e. The van der Waals surface area contributed by atoms with Crippen LogP contribution < -0.4 is 9.96 Å². The Morgan fingerprint density at radius 1 is 0.576 bits per heavy atom. The zero-order chi connectivity index (χ0) is 22.2. The van der Waals surface area contributed by atoms with Crippen LogP contribution in [0.15, 0.2) is 121 Å². The van der Waals surface area contributed by atoms with Crippen LogP contribution in [0.1, 0.15) is 22.3 Å². The zero-order valence-electron chi connectivity index (χ0n) is 18.3. The molecule has 0 radical (unpaired) electrons. The maximum absolute atomic E-state index is 7.29. The van der Waals surface area contributed by atoms with Gasteiger partial charge in [-0.2, -0.15) is 0 Å². The van der Waals surface area contributed by atoms with E-state index in [0.717, 1.165) is 28.8 Å². The highest BCUT2D eigenvalue weighted by Crippen LogP contribution is 2.57. The molecular formula is C28H26N2O2Si. The number of hydrogen-bond donors (Lipinski definition) is 2. The summed E-state index contributed by atoms with van der Waals surface area (Å²) in [5.41, 5.74) is 2.84. The SMILES string of the molecule is c1ccc(C2(c3ccccc3)N[Si]3(NCCO3)OC2(c2ccccc2)c2ccccc2)cc1. The molecule has 2 heterocycles. The van der Waals surface area contributed by atoms with Gasteiger partial charge in [0, 0.05) is 6.54 Å². The minimum atomic E-state index is -2.97. The van der Waals surface area contributed by atoms with Crippen molar-refractivity contribution in [2.75, 3.05) is 13.2 Å². The van der Waals surface area contributed by atoms with Crippen LogP contribution in [-0.4, -0.2) is 22.0 Å². The van der Waals surface area contributed by atoms with E-state index in [4.69, 9.17) is 8.85 Å². The number of rotatable bonds is 4. The van der Waals surface area contributed by atoms with Crippen molar-refractivity contribution in [3.63, 3.8) is 0 Å². The van der Waals surface area contributed by atoms with Gasteiger partial charge in [-0.25, -0.2) is 0 Å². The molecule has 1 atom stereocenters. The minimum Gasteiger partial charge on any atom is -0.369 e. The van der Waals surface area contributed by atoms with Crippen molar-refractivity contribution >= 4 is 8.88 Å². The van der Waals surface area contributed by atoms with Crippen LogP contribution in [0.3, 0.4) is 0 Å². The highest BCUT2D eigenvalue weighted by Gasteiger charge is 2.71. The summed E-state index contributed by atoms with van der Waals surface area (Å²) in [7, 11) is -2.97. The average Bonchev–Trinajstić information content (AvgIpc) is 3.49. The molecule has 1 spiro atoms. The van der Waals surface area contributed by atoms with Gasteiger partial charge in [0.2, 0.25) is 0 Å². The fourth-order valence-corrected chi connectivity index (χ4v) is 8.46. The Morgan fingerprint density at radius 2 is 1.00 bits per heavy atom. The summed E-state index contributed by atoms with van der Waals surface area (Å²) in [6.07, 6.45) is 0. The van der Waals surface area contributed by atoms with Crippen molar-refractivity contribution in [3.05, 3.63) is 144 Å². The Morgan fingerprint density at radius 3 is 1.39 bits per heavy atom. The van der Waals surface area contributed by atoms with Gasteiger partial charge in [0.05, 0.1) is 6.61 Å². The van der Waals surface area contributed by atoms with Crippen molar-refractivity contribution in [3.8, 4) is 0 Å². The Hall–Kier alpha value is -3.06. The van der Waals surface area contributed by atoms with E-state index in [1.165, 1.54) is 0 Å². The van der Waals surface area contributed by atoms with E-state index in [2.05, 4.69) is 131 Å². The first-order valence-corrected chi connectivity index (χ1v) is 13.2. The summed E-state index contributed by atoms with van der Waals surface area (Å²) in [4.78, 5) is 7.59. The first kappa shape index (κ1) is 20.5. The van der Waals surface area contributed by atoms with Crippen molar-refractivity contribution in [1.82, 2.24) is 9.96 Å². The predicted molar refractivity (Wildman–Crippen MR) is 131 cm³/mol. The van der Waals surface area contributed by atoms with E-state index in [1.54, 1.807) is 0 Å². The maximum Gasteiger partial charge on any atom is 0.519 e. The number of benzene rings is 4. The summed E-state index contributed by atoms with van der Waals surface area (Å²) in [5.74, 6) is 0. The van der Waals surface area contributed by atoms with Gasteiger partial charge in [-0.05, 0) is 22.3 Å². The molecule has 0 bridgehead atoms. The van der Waals surface area contributed by atoms with E-state index < -0.39 is 20.0 Å². The topological polar surface area (TPSA) is 42.5 Å². The van der Waals surface area contributed by atoms with E-state index in [1.807, 2.05) is 0 Å². The van der Waals surface area contributed by atoms with Gasteiger partial charge >= 0.3 is 8.88 Å². The first-order chi connectivity index (χ1) is 16.3. The lowest BCUT2D eigenvalue weighted by atomic mass is 9.64. The number of hydrogen-bond acceptors (Lipinski definition) is 4. The lowest BCUT2D eigenvalue weighted by molar-refractivity contribution is 0.0501. The summed E-state index contributed by atoms with van der Waals surface area (Å²) < 4.78 is 13.7. The zero-order valence-corrected chi connectivity index (χ0v) is 19.3. The molecule has 0 aliphatic carbocycles. The van der Waals surface area contributed by atoms with Crippen LogP contribution in [0.2, 0.25) is 0 Å². The van der Waals surface area contributed by atoms with Gasteiger partial charge in [0.25, 0.3) is 0 Å². The molecule has 2 aliphatic rings. The molecule has 2 aliphatic heterocycles. The molecule has 0 saturated carbocycles. The third kappa shape index (κ3) is 3.05. The smallest absolute Gasteiger partial charge is 0.369 e. The van der Waals surface area contributed by atoms with Crippen LogP contribution in [0.5, 0.6) is 0 Å². The quantitative estimate of drug-likeness (QED) is 0.448. The third-order valence-electron chi connectivity index (χ3n) is 6.72. The van der Waals surface area contributed by atoms with Crippen molar-refractivity contribution in [2.45, 2.75) is 11.1 Å². The monoisotopic (exact) mass is 450 g/mol. The molecule has 2 fully saturated rings. The van der Waals surface area contributed by atoms with Gasteiger partial charge in [0.15, 0.2) is 0 Å². The van der Waals surface area contributed by atoms with Gasteiger partial charge in [-0.15, -0.1) is 0 Å². The lowest BCUT2D eigenvalue weighted by Gasteiger charge is -2.46. The van der Waals surface area contributed by atoms with Crippen LogP contribution in [0.4, 0.5) is 0 Å². The molecule has 2 saturated heterocycles. The number of nitrogens with one attached hydrogen (secondary N) is 2. The molecule has 33 heavy (non-hydrogen) atoms. The summed E-state index contributed by atoms with van der Waals surface area (Å²) in [6, 6.07) is 42.3. The molecule has 164 valence electrons. The standard InChI is InChI=1S/C28H26N2O2Si/c1-5-13-23(14-6-1)27(24-15-7-2-8-16-24)28(25-17-9-3-10-18-25,26-19-11-4-12-20-26)32-33(30-27)29-21-22-31-33/h1-20,29-30H,21-22H2. The second-order valence-corrected chi connectivity index (χ2v) is 10.8. The Bertz CT molecular complexity index is 1040. The van der Waals surface area contributed by atoms with E-state index in [9.17, 15) is 0 Å². The van der Waals surface area contributed by atoms with Gasteiger partial charge < -0.3 is 8.85 Å². The Labute approximate surface area is 195 Å². The Balaban J connectivity index is 1.76. The van der Waals surface area contributed by atoms with E-state index in [-0.39, 0.29) is 0 Å². The normalized spacial score (nSPS) is 23.0.